The van der Waals surface area contributed by atoms with Crippen molar-refractivity contribution in [3.63, 3.8) is 0 Å². The van der Waals surface area contributed by atoms with Crippen LogP contribution in [0.15, 0.2) is 47.6 Å². The Balaban J connectivity index is 1.42. The van der Waals surface area contributed by atoms with Gasteiger partial charge in [0.1, 0.15) is 13.2 Å². The van der Waals surface area contributed by atoms with E-state index in [-0.39, 0.29) is 0 Å². The Kier molecular flexibility index (Phi) is 7.89. The molecule has 7 nitrogen and oxygen atoms in total. The summed E-state index contributed by atoms with van der Waals surface area (Å²) >= 11 is 1.68. The molecule has 0 amide bonds. The molecule has 8 heteroatoms. The molecule has 0 bridgehead atoms. The number of tetrazole rings is 1. The van der Waals surface area contributed by atoms with Gasteiger partial charge in [-0.05, 0) is 41.1 Å². The molecule has 3 aromatic rings. The summed E-state index contributed by atoms with van der Waals surface area (Å²) in [5, 5.41) is 14.6. The van der Waals surface area contributed by atoms with E-state index in [4.69, 9.17) is 9.47 Å². The molecule has 0 aliphatic heterocycles. The van der Waals surface area contributed by atoms with Crippen LogP contribution in [0.5, 0.6) is 11.5 Å². The van der Waals surface area contributed by atoms with Gasteiger partial charge in [-0.3, -0.25) is 0 Å². The molecule has 0 fully saturated rings. The molecular weight excluding hydrogens is 386 g/mol. The van der Waals surface area contributed by atoms with Gasteiger partial charge in [0.15, 0.2) is 11.5 Å². The minimum Gasteiger partial charge on any atom is -0.493 e. The van der Waals surface area contributed by atoms with Crippen LogP contribution in [0.3, 0.4) is 0 Å². The molecule has 2 aromatic carbocycles. The molecule has 0 radical (unpaired) electrons. The highest BCUT2D eigenvalue weighted by molar-refractivity contribution is 7.99. The lowest BCUT2D eigenvalue weighted by Crippen LogP contribution is -2.82. The summed E-state index contributed by atoms with van der Waals surface area (Å²) in [4.78, 5) is 0. The van der Waals surface area contributed by atoms with Crippen LogP contribution in [-0.4, -0.2) is 39.6 Å². The summed E-state index contributed by atoms with van der Waals surface area (Å²) < 4.78 is 13.2. The summed E-state index contributed by atoms with van der Waals surface area (Å²) in [6, 6.07) is 14.5. The Morgan fingerprint density at radius 2 is 1.86 bits per heavy atom. The Bertz CT molecular complexity index is 898. The van der Waals surface area contributed by atoms with E-state index < -0.39 is 0 Å². The van der Waals surface area contributed by atoms with Crippen molar-refractivity contribution in [2.75, 3.05) is 19.4 Å². The zero-order valence-corrected chi connectivity index (χ0v) is 18.0. The second-order valence-corrected chi connectivity index (χ2v) is 7.89. The van der Waals surface area contributed by atoms with Gasteiger partial charge in [-0.1, -0.05) is 41.6 Å². The van der Waals surface area contributed by atoms with Crippen LogP contribution in [0.4, 0.5) is 0 Å². The number of hydrogen-bond acceptors (Lipinski definition) is 6. The molecule has 154 valence electrons. The third-order valence-corrected chi connectivity index (χ3v) is 5.58. The number of aryl methyl sites for hydroxylation is 2. The Morgan fingerprint density at radius 3 is 2.59 bits per heavy atom. The standard InChI is InChI=1S/C21H27N5O2S/c1-16-5-7-17(8-6-16)15-28-19-10-9-18(13-20(19)27-3)14-22-11-4-12-29-21-23-24-25-26(21)2/h5-10,13,22H,4,11-12,14-15H2,1-3H3/p+1. The average Bonchev–Trinajstić information content (AvgIpc) is 3.15. The highest BCUT2D eigenvalue weighted by Crippen LogP contribution is 2.28. The average molecular weight is 415 g/mol. The van der Waals surface area contributed by atoms with Crippen molar-refractivity contribution in [2.24, 2.45) is 7.05 Å². The van der Waals surface area contributed by atoms with Gasteiger partial charge < -0.3 is 14.8 Å². The van der Waals surface area contributed by atoms with E-state index in [9.17, 15) is 0 Å². The first-order valence-electron chi connectivity index (χ1n) is 9.68. The first kappa shape index (κ1) is 21.1. The molecule has 1 aromatic heterocycles. The van der Waals surface area contributed by atoms with Gasteiger partial charge >= 0.3 is 0 Å². The van der Waals surface area contributed by atoms with Gasteiger partial charge in [0.25, 0.3) is 0 Å². The monoisotopic (exact) mass is 414 g/mol. The van der Waals surface area contributed by atoms with Crippen molar-refractivity contribution in [2.45, 2.75) is 31.7 Å². The summed E-state index contributed by atoms with van der Waals surface area (Å²) in [7, 11) is 3.54. The normalized spacial score (nSPS) is 10.9. The summed E-state index contributed by atoms with van der Waals surface area (Å²) in [6.45, 7) is 4.57. The molecule has 0 unspecified atom stereocenters. The first-order valence-corrected chi connectivity index (χ1v) is 10.7. The molecule has 0 spiro atoms. The number of methoxy groups -OCH3 is 1. The van der Waals surface area contributed by atoms with Crippen LogP contribution in [0, 0.1) is 6.92 Å². The Hall–Kier alpha value is -2.58. The predicted octanol–water partition coefficient (Wildman–Crippen LogP) is 2.35. The smallest absolute Gasteiger partial charge is 0.209 e. The van der Waals surface area contributed by atoms with Crippen molar-refractivity contribution < 1.29 is 14.8 Å². The van der Waals surface area contributed by atoms with Crippen LogP contribution in [0.2, 0.25) is 0 Å². The number of hydrogen-bond donors (Lipinski definition) is 1. The van der Waals surface area contributed by atoms with Gasteiger partial charge in [0.05, 0.1) is 13.7 Å². The molecule has 0 aliphatic rings. The van der Waals surface area contributed by atoms with Crippen LogP contribution >= 0.6 is 11.8 Å². The quantitative estimate of drug-likeness (QED) is 0.383. The summed E-state index contributed by atoms with van der Waals surface area (Å²) in [5.41, 5.74) is 3.61. The molecule has 29 heavy (non-hydrogen) atoms. The summed E-state index contributed by atoms with van der Waals surface area (Å²) in [6.07, 6.45) is 1.09. The highest BCUT2D eigenvalue weighted by atomic mass is 32.2. The maximum Gasteiger partial charge on any atom is 0.209 e. The third kappa shape index (κ3) is 6.47. The maximum atomic E-state index is 5.96. The Morgan fingerprint density at radius 1 is 1.07 bits per heavy atom. The molecule has 0 saturated carbocycles. The Labute approximate surface area is 175 Å². The summed E-state index contributed by atoms with van der Waals surface area (Å²) in [5.74, 6) is 2.54. The van der Waals surface area contributed by atoms with E-state index in [0.717, 1.165) is 47.5 Å². The van der Waals surface area contributed by atoms with Gasteiger partial charge in [-0.2, -0.15) is 0 Å². The van der Waals surface area contributed by atoms with E-state index in [0.29, 0.717) is 6.61 Å². The third-order valence-electron chi connectivity index (χ3n) is 4.49. The SMILES string of the molecule is COc1cc(C[NH2+]CCCSc2nnnn2C)ccc1OCc1ccc(C)cc1. The van der Waals surface area contributed by atoms with E-state index in [1.54, 1.807) is 23.6 Å². The largest absolute Gasteiger partial charge is 0.493 e. The number of rotatable bonds is 11. The van der Waals surface area contributed by atoms with Crippen LogP contribution < -0.4 is 14.8 Å². The van der Waals surface area contributed by atoms with E-state index in [1.807, 2.05) is 13.1 Å². The molecule has 1 heterocycles. The number of aromatic nitrogens is 4. The maximum absolute atomic E-state index is 5.96. The second-order valence-electron chi connectivity index (χ2n) is 6.83. The van der Waals surface area contributed by atoms with Crippen molar-refractivity contribution in [3.8, 4) is 11.5 Å². The van der Waals surface area contributed by atoms with Crippen molar-refractivity contribution in [3.05, 3.63) is 59.2 Å². The fourth-order valence-corrected chi connectivity index (χ4v) is 3.62. The molecule has 2 N–H and O–H groups in total. The number of quaternary nitrogens is 1. The molecular formula is C21H28N5O2S+. The van der Waals surface area contributed by atoms with E-state index >= 15 is 0 Å². The second kappa shape index (κ2) is 10.8. The highest BCUT2D eigenvalue weighted by Gasteiger charge is 2.08. The predicted molar refractivity (Wildman–Crippen MR) is 113 cm³/mol. The molecule has 0 aliphatic carbocycles. The van der Waals surface area contributed by atoms with Gasteiger partial charge in [0, 0.05) is 24.8 Å². The van der Waals surface area contributed by atoms with Crippen LogP contribution in [-0.2, 0) is 20.2 Å². The fraction of sp³-hybridized carbons (Fsp3) is 0.381. The number of nitrogens with two attached hydrogens (primary N) is 1. The van der Waals surface area contributed by atoms with E-state index in [2.05, 4.69) is 64.2 Å². The van der Waals surface area contributed by atoms with Gasteiger partial charge in [-0.25, -0.2) is 4.68 Å². The van der Waals surface area contributed by atoms with Crippen LogP contribution in [0.1, 0.15) is 23.1 Å². The molecule has 3 rings (SSSR count). The zero-order valence-electron chi connectivity index (χ0n) is 17.2. The minimum absolute atomic E-state index is 0.529. The van der Waals surface area contributed by atoms with Gasteiger partial charge in [-0.15, -0.1) is 5.10 Å². The lowest BCUT2D eigenvalue weighted by atomic mass is 10.1. The van der Waals surface area contributed by atoms with Crippen molar-refractivity contribution in [1.29, 1.82) is 0 Å². The van der Waals surface area contributed by atoms with Gasteiger partial charge in [0.2, 0.25) is 5.16 Å². The van der Waals surface area contributed by atoms with Crippen LogP contribution in [0.25, 0.3) is 0 Å². The fourth-order valence-electron chi connectivity index (χ4n) is 2.81. The number of ether oxygens (including phenoxy) is 2. The topological polar surface area (TPSA) is 78.7 Å². The number of nitrogens with zero attached hydrogens (tertiary/aromatic N) is 4. The number of thioether (sulfide) groups is 1. The minimum atomic E-state index is 0.529. The number of benzene rings is 2. The van der Waals surface area contributed by atoms with Crippen molar-refractivity contribution in [1.82, 2.24) is 20.2 Å². The lowest BCUT2D eigenvalue weighted by Gasteiger charge is -2.12. The lowest BCUT2D eigenvalue weighted by molar-refractivity contribution is -0.670. The van der Waals surface area contributed by atoms with E-state index in [1.165, 1.54) is 11.1 Å². The molecule has 0 atom stereocenters. The molecule has 0 saturated heterocycles. The first-order chi connectivity index (χ1) is 14.2. The van der Waals surface area contributed by atoms with Crippen molar-refractivity contribution >= 4 is 11.8 Å². The zero-order chi connectivity index (χ0) is 20.5.